The molecule has 1 aromatic carbocycles. The van der Waals surface area contributed by atoms with Gasteiger partial charge in [-0.3, -0.25) is 4.79 Å². The molecule has 0 spiro atoms. The van der Waals surface area contributed by atoms with Crippen LogP contribution in [0.4, 0.5) is 0 Å². The molecule has 0 unspecified atom stereocenters. The monoisotopic (exact) mass is 361 g/mol. The topological polar surface area (TPSA) is 73.9 Å². The van der Waals surface area contributed by atoms with Crippen molar-refractivity contribution in [1.82, 2.24) is 5.32 Å². The van der Waals surface area contributed by atoms with Crippen LogP contribution in [0.5, 0.6) is 11.5 Å². The molecule has 1 atom stereocenters. The Morgan fingerprint density at radius 3 is 2.46 bits per heavy atom. The molecular formula is C20H27NO5. The SMILES string of the molecule is C[C@@H](OC(=O)c1ccc2c(c1)OCCCO2)C(=O)NC1CCCCCC1. The van der Waals surface area contributed by atoms with E-state index in [1.54, 1.807) is 25.1 Å². The molecule has 1 aliphatic heterocycles. The lowest BCUT2D eigenvalue weighted by molar-refractivity contribution is -0.129. The third-order valence-electron chi connectivity index (χ3n) is 4.84. The minimum absolute atomic E-state index is 0.184. The Morgan fingerprint density at radius 2 is 1.73 bits per heavy atom. The number of carbonyl (C=O) groups excluding carboxylic acids is 2. The van der Waals surface area contributed by atoms with Crippen LogP contribution in [-0.2, 0) is 9.53 Å². The predicted molar refractivity (Wildman–Crippen MR) is 96.6 cm³/mol. The Bertz CT molecular complexity index is 637. The second-order valence-corrected chi connectivity index (χ2v) is 6.96. The van der Waals surface area contributed by atoms with Gasteiger partial charge in [0.25, 0.3) is 5.91 Å². The van der Waals surface area contributed by atoms with Crippen LogP contribution in [0.3, 0.4) is 0 Å². The minimum Gasteiger partial charge on any atom is -0.490 e. The van der Waals surface area contributed by atoms with Crippen molar-refractivity contribution in [3.8, 4) is 11.5 Å². The molecule has 6 heteroatoms. The van der Waals surface area contributed by atoms with Crippen LogP contribution < -0.4 is 14.8 Å². The zero-order valence-corrected chi connectivity index (χ0v) is 15.3. The van der Waals surface area contributed by atoms with Gasteiger partial charge < -0.3 is 19.5 Å². The minimum atomic E-state index is -0.832. The summed E-state index contributed by atoms with van der Waals surface area (Å²) in [5.74, 6) is 0.384. The number of fused-ring (bicyclic) bond motifs is 1. The normalized spacial score (nSPS) is 19.0. The number of carbonyl (C=O) groups is 2. The van der Waals surface area contributed by atoms with Crippen molar-refractivity contribution in [2.45, 2.75) is 64.0 Å². The number of amides is 1. The van der Waals surface area contributed by atoms with Gasteiger partial charge in [-0.15, -0.1) is 0 Å². The lowest BCUT2D eigenvalue weighted by Gasteiger charge is -2.19. The van der Waals surface area contributed by atoms with E-state index in [4.69, 9.17) is 14.2 Å². The van der Waals surface area contributed by atoms with Gasteiger partial charge in [-0.1, -0.05) is 25.7 Å². The van der Waals surface area contributed by atoms with E-state index in [9.17, 15) is 9.59 Å². The first-order chi connectivity index (χ1) is 12.6. The molecule has 1 amide bonds. The third-order valence-corrected chi connectivity index (χ3v) is 4.84. The molecule has 1 aromatic rings. The molecule has 0 saturated heterocycles. The highest BCUT2D eigenvalue weighted by Crippen LogP contribution is 2.30. The number of hydrogen-bond donors (Lipinski definition) is 1. The summed E-state index contributed by atoms with van der Waals surface area (Å²) in [7, 11) is 0. The Balaban J connectivity index is 1.56. The smallest absolute Gasteiger partial charge is 0.339 e. The van der Waals surface area contributed by atoms with Crippen molar-refractivity contribution in [1.29, 1.82) is 0 Å². The van der Waals surface area contributed by atoms with Crippen molar-refractivity contribution in [3.05, 3.63) is 23.8 Å². The predicted octanol–water partition coefficient (Wildman–Crippen LogP) is 3.23. The number of rotatable bonds is 4. The van der Waals surface area contributed by atoms with Crippen LogP contribution in [0.25, 0.3) is 0 Å². The molecule has 3 rings (SSSR count). The van der Waals surface area contributed by atoms with Gasteiger partial charge in [-0.05, 0) is 38.0 Å². The molecule has 26 heavy (non-hydrogen) atoms. The summed E-state index contributed by atoms with van der Waals surface area (Å²) in [6.07, 6.45) is 6.67. The summed E-state index contributed by atoms with van der Waals surface area (Å²) in [6.45, 7) is 2.74. The van der Waals surface area contributed by atoms with Crippen LogP contribution in [-0.4, -0.2) is 37.2 Å². The molecule has 142 valence electrons. The quantitative estimate of drug-likeness (QED) is 0.658. The molecule has 1 fully saturated rings. The fourth-order valence-corrected chi connectivity index (χ4v) is 3.31. The number of ether oxygens (including phenoxy) is 3. The Kier molecular flexibility index (Phi) is 6.36. The first-order valence-electron chi connectivity index (χ1n) is 9.54. The van der Waals surface area contributed by atoms with Gasteiger partial charge >= 0.3 is 5.97 Å². The summed E-state index contributed by atoms with van der Waals surface area (Å²) in [5.41, 5.74) is 0.350. The maximum Gasteiger partial charge on any atom is 0.339 e. The molecule has 6 nitrogen and oxygen atoms in total. The van der Waals surface area contributed by atoms with Gasteiger partial charge in [-0.25, -0.2) is 4.79 Å². The Labute approximate surface area is 154 Å². The Hall–Kier alpha value is -2.24. The van der Waals surface area contributed by atoms with Gasteiger partial charge in [0.15, 0.2) is 17.6 Å². The molecule has 0 bridgehead atoms. The number of esters is 1. The van der Waals surface area contributed by atoms with E-state index in [1.807, 2.05) is 0 Å². The zero-order chi connectivity index (χ0) is 18.4. The summed E-state index contributed by atoms with van der Waals surface area (Å²) >= 11 is 0. The second-order valence-electron chi connectivity index (χ2n) is 6.96. The van der Waals surface area contributed by atoms with Gasteiger partial charge in [0.05, 0.1) is 18.8 Å². The Morgan fingerprint density at radius 1 is 1.04 bits per heavy atom. The van der Waals surface area contributed by atoms with Gasteiger partial charge in [-0.2, -0.15) is 0 Å². The third kappa shape index (κ3) is 4.90. The van der Waals surface area contributed by atoms with E-state index in [0.29, 0.717) is 30.3 Å². The number of hydrogen-bond acceptors (Lipinski definition) is 5. The van der Waals surface area contributed by atoms with Crippen LogP contribution >= 0.6 is 0 Å². The first-order valence-corrected chi connectivity index (χ1v) is 9.54. The van der Waals surface area contributed by atoms with Crippen molar-refractivity contribution < 1.29 is 23.8 Å². The molecule has 1 heterocycles. The summed E-state index contributed by atoms with van der Waals surface area (Å²) < 4.78 is 16.5. The van der Waals surface area contributed by atoms with Gasteiger partial charge in [0.2, 0.25) is 0 Å². The highest BCUT2D eigenvalue weighted by molar-refractivity contribution is 5.92. The number of benzene rings is 1. The van der Waals surface area contributed by atoms with Crippen LogP contribution in [0.2, 0.25) is 0 Å². The van der Waals surface area contributed by atoms with E-state index >= 15 is 0 Å². The summed E-state index contributed by atoms with van der Waals surface area (Å²) in [5, 5.41) is 3.01. The van der Waals surface area contributed by atoms with E-state index in [0.717, 1.165) is 32.1 Å². The van der Waals surface area contributed by atoms with E-state index in [2.05, 4.69) is 5.32 Å². The van der Waals surface area contributed by atoms with E-state index in [-0.39, 0.29) is 11.9 Å². The maximum atomic E-state index is 12.4. The van der Waals surface area contributed by atoms with Gasteiger partial charge in [0.1, 0.15) is 0 Å². The fraction of sp³-hybridized carbons (Fsp3) is 0.600. The van der Waals surface area contributed by atoms with Crippen molar-refractivity contribution in [3.63, 3.8) is 0 Å². The molecule has 1 saturated carbocycles. The molecule has 1 N–H and O–H groups in total. The second kappa shape index (κ2) is 8.92. The lowest BCUT2D eigenvalue weighted by Crippen LogP contribution is -2.41. The van der Waals surface area contributed by atoms with Crippen LogP contribution in [0.15, 0.2) is 18.2 Å². The maximum absolute atomic E-state index is 12.4. The largest absolute Gasteiger partial charge is 0.490 e. The zero-order valence-electron chi connectivity index (χ0n) is 15.3. The standard InChI is InChI=1S/C20H27NO5/c1-14(19(22)21-16-7-4-2-3-5-8-16)26-20(23)15-9-10-17-18(13-15)25-12-6-11-24-17/h9-10,13-14,16H,2-8,11-12H2,1H3,(H,21,22)/t14-/m1/s1. The lowest BCUT2D eigenvalue weighted by atomic mass is 10.1. The molecule has 1 aliphatic carbocycles. The summed E-state index contributed by atoms with van der Waals surface area (Å²) in [4.78, 5) is 24.7. The van der Waals surface area contributed by atoms with Crippen molar-refractivity contribution in [2.24, 2.45) is 0 Å². The van der Waals surface area contributed by atoms with Gasteiger partial charge in [0, 0.05) is 12.5 Å². The highest BCUT2D eigenvalue weighted by Gasteiger charge is 2.23. The molecule has 0 radical (unpaired) electrons. The van der Waals surface area contributed by atoms with Crippen LogP contribution in [0.1, 0.15) is 62.2 Å². The number of nitrogens with one attached hydrogen (secondary N) is 1. The molecule has 0 aromatic heterocycles. The van der Waals surface area contributed by atoms with Crippen molar-refractivity contribution >= 4 is 11.9 Å². The van der Waals surface area contributed by atoms with E-state index < -0.39 is 12.1 Å². The van der Waals surface area contributed by atoms with Crippen LogP contribution in [0, 0.1) is 0 Å². The van der Waals surface area contributed by atoms with Crippen molar-refractivity contribution in [2.75, 3.05) is 13.2 Å². The highest BCUT2D eigenvalue weighted by atomic mass is 16.5. The average molecular weight is 361 g/mol. The summed E-state index contributed by atoms with van der Waals surface area (Å²) in [6, 6.07) is 5.13. The average Bonchev–Trinajstić information content (AvgIpc) is 3.03. The first kappa shape index (κ1) is 18.5. The van der Waals surface area contributed by atoms with E-state index in [1.165, 1.54) is 12.8 Å². The fourth-order valence-electron chi connectivity index (χ4n) is 3.31. The molecular weight excluding hydrogens is 334 g/mol. The molecule has 2 aliphatic rings.